The molecule has 0 aliphatic rings. The van der Waals surface area contributed by atoms with E-state index in [-0.39, 0.29) is 12.4 Å². The number of rotatable bonds is 2. The number of aromatic nitrogens is 1. The van der Waals surface area contributed by atoms with Gasteiger partial charge in [0.05, 0.1) is 6.04 Å². The molecule has 0 aliphatic heterocycles. The molecule has 0 radical (unpaired) electrons. The van der Waals surface area contributed by atoms with Gasteiger partial charge in [-0.1, -0.05) is 6.07 Å². The molecule has 0 fully saturated rings. The molecule has 0 unspecified atom stereocenters. The van der Waals surface area contributed by atoms with Crippen LogP contribution in [0, 0.1) is 0 Å². The van der Waals surface area contributed by atoms with Crippen LogP contribution in [-0.2, 0) is 0 Å². The van der Waals surface area contributed by atoms with Gasteiger partial charge in [-0.05, 0) is 27.6 Å². The van der Waals surface area contributed by atoms with E-state index in [4.69, 9.17) is 5.73 Å². The predicted molar refractivity (Wildman–Crippen MR) is 52.1 cm³/mol. The Kier molecular flexibility index (Phi) is 5.37. The second kappa shape index (κ2) is 5.45. The van der Waals surface area contributed by atoms with Crippen molar-refractivity contribution >= 4 is 28.3 Å². The molecule has 68 valence electrons. The minimum absolute atomic E-state index is 0. The molecule has 0 aromatic carbocycles. The summed E-state index contributed by atoms with van der Waals surface area (Å²) in [5.74, 6) is 0. The van der Waals surface area contributed by atoms with Crippen LogP contribution in [0.15, 0.2) is 22.9 Å². The molecule has 2 nitrogen and oxygen atoms in total. The maximum absolute atomic E-state index is 12.0. The minimum Gasteiger partial charge on any atom is -0.322 e. The second-order valence-electron chi connectivity index (χ2n) is 2.18. The quantitative estimate of drug-likeness (QED) is 0.823. The third-order valence-electron chi connectivity index (χ3n) is 1.34. The van der Waals surface area contributed by atoms with Gasteiger partial charge in [0.1, 0.15) is 11.3 Å². The standard InChI is InChI=1S/C7H8BrFN2.ClH/c8-7-2-1-5(4-11-7)6(10)3-9;/h1-2,4,6H,3,10H2;1H/t6-;/m0./s1. The van der Waals surface area contributed by atoms with Crippen LogP contribution in [0.1, 0.15) is 11.6 Å². The maximum Gasteiger partial charge on any atom is 0.109 e. The highest BCUT2D eigenvalue weighted by Gasteiger charge is 2.03. The average molecular weight is 256 g/mol. The lowest BCUT2D eigenvalue weighted by molar-refractivity contribution is 0.436. The van der Waals surface area contributed by atoms with Gasteiger partial charge in [-0.15, -0.1) is 12.4 Å². The lowest BCUT2D eigenvalue weighted by Crippen LogP contribution is -2.12. The van der Waals surface area contributed by atoms with E-state index in [0.29, 0.717) is 0 Å². The van der Waals surface area contributed by atoms with Crippen molar-refractivity contribution in [3.8, 4) is 0 Å². The fourth-order valence-corrected chi connectivity index (χ4v) is 0.930. The number of hydrogen-bond acceptors (Lipinski definition) is 2. The summed E-state index contributed by atoms with van der Waals surface area (Å²) in [5, 5.41) is 0. The number of halogens is 3. The lowest BCUT2D eigenvalue weighted by atomic mass is 10.1. The van der Waals surface area contributed by atoms with Gasteiger partial charge < -0.3 is 5.73 Å². The number of hydrogen-bond donors (Lipinski definition) is 1. The summed E-state index contributed by atoms with van der Waals surface area (Å²) >= 11 is 3.17. The van der Waals surface area contributed by atoms with Crippen molar-refractivity contribution in [2.24, 2.45) is 5.73 Å². The average Bonchev–Trinajstić information content (AvgIpc) is 2.05. The molecule has 0 amide bonds. The maximum atomic E-state index is 12.0. The smallest absolute Gasteiger partial charge is 0.109 e. The molecule has 1 rings (SSSR count). The highest BCUT2D eigenvalue weighted by atomic mass is 79.9. The zero-order valence-corrected chi connectivity index (χ0v) is 8.61. The van der Waals surface area contributed by atoms with E-state index in [0.717, 1.165) is 10.2 Å². The first-order chi connectivity index (χ1) is 5.24. The summed E-state index contributed by atoms with van der Waals surface area (Å²) in [6.07, 6.45) is 1.56. The molecule has 5 heteroatoms. The normalized spacial score (nSPS) is 11.9. The van der Waals surface area contributed by atoms with Crippen LogP contribution >= 0.6 is 28.3 Å². The van der Waals surface area contributed by atoms with Crippen LogP contribution in [0.2, 0.25) is 0 Å². The Morgan fingerprint density at radius 2 is 2.25 bits per heavy atom. The van der Waals surface area contributed by atoms with E-state index in [9.17, 15) is 4.39 Å². The fraction of sp³-hybridized carbons (Fsp3) is 0.286. The van der Waals surface area contributed by atoms with Gasteiger partial charge in [0.25, 0.3) is 0 Å². The molecule has 1 aromatic rings. The first-order valence-electron chi connectivity index (χ1n) is 3.17. The number of pyridine rings is 1. The highest BCUT2D eigenvalue weighted by molar-refractivity contribution is 9.10. The molecule has 1 aromatic heterocycles. The van der Waals surface area contributed by atoms with Crippen molar-refractivity contribution in [2.75, 3.05) is 6.67 Å². The van der Waals surface area contributed by atoms with Gasteiger partial charge >= 0.3 is 0 Å². The van der Waals surface area contributed by atoms with Crippen molar-refractivity contribution in [1.29, 1.82) is 0 Å². The summed E-state index contributed by atoms with van der Waals surface area (Å²) < 4.78 is 12.7. The number of alkyl halides is 1. The molecular weight excluding hydrogens is 246 g/mol. The van der Waals surface area contributed by atoms with Crippen molar-refractivity contribution in [2.45, 2.75) is 6.04 Å². The summed E-state index contributed by atoms with van der Waals surface area (Å²) in [6.45, 7) is -0.552. The van der Waals surface area contributed by atoms with Gasteiger partial charge in [0.2, 0.25) is 0 Å². The molecule has 1 atom stereocenters. The van der Waals surface area contributed by atoms with Crippen LogP contribution in [-0.4, -0.2) is 11.7 Å². The summed E-state index contributed by atoms with van der Waals surface area (Å²) in [4.78, 5) is 3.92. The van der Waals surface area contributed by atoms with Crippen LogP contribution in [0.5, 0.6) is 0 Å². The molecule has 1 heterocycles. The number of nitrogens with two attached hydrogens (primary N) is 1. The molecule has 0 saturated heterocycles. The molecule has 0 saturated carbocycles. The summed E-state index contributed by atoms with van der Waals surface area (Å²) in [7, 11) is 0. The first kappa shape index (κ1) is 11.8. The Balaban J connectivity index is 0.00000121. The monoisotopic (exact) mass is 254 g/mol. The van der Waals surface area contributed by atoms with Gasteiger partial charge in [0, 0.05) is 6.20 Å². The van der Waals surface area contributed by atoms with Crippen LogP contribution in [0.3, 0.4) is 0 Å². The molecule has 12 heavy (non-hydrogen) atoms. The van der Waals surface area contributed by atoms with E-state index >= 15 is 0 Å². The fourth-order valence-electron chi connectivity index (χ4n) is 0.696. The zero-order chi connectivity index (χ0) is 8.27. The Labute approximate surface area is 84.9 Å². The Bertz CT molecular complexity index is 229. The lowest BCUT2D eigenvalue weighted by Gasteiger charge is -2.05. The van der Waals surface area contributed by atoms with Crippen molar-refractivity contribution < 1.29 is 4.39 Å². The second-order valence-corrected chi connectivity index (χ2v) is 2.99. The van der Waals surface area contributed by atoms with Crippen LogP contribution < -0.4 is 5.73 Å². The van der Waals surface area contributed by atoms with E-state index in [1.165, 1.54) is 0 Å². The minimum atomic E-state index is -0.552. The largest absolute Gasteiger partial charge is 0.322 e. The first-order valence-corrected chi connectivity index (χ1v) is 3.96. The molecular formula is C7H9BrClFN2. The SMILES string of the molecule is Cl.N[C@@H](CF)c1ccc(Br)nc1. The Morgan fingerprint density at radius 1 is 1.58 bits per heavy atom. The summed E-state index contributed by atoms with van der Waals surface area (Å²) in [5.41, 5.74) is 6.13. The van der Waals surface area contributed by atoms with E-state index < -0.39 is 12.7 Å². The van der Waals surface area contributed by atoms with Gasteiger partial charge in [-0.25, -0.2) is 9.37 Å². The van der Waals surface area contributed by atoms with E-state index in [1.54, 1.807) is 18.3 Å². The molecule has 2 N–H and O–H groups in total. The van der Waals surface area contributed by atoms with Crippen molar-refractivity contribution in [1.82, 2.24) is 4.98 Å². The van der Waals surface area contributed by atoms with Crippen molar-refractivity contribution in [3.05, 3.63) is 28.5 Å². The predicted octanol–water partition coefficient (Wildman–Crippen LogP) is 2.24. The highest BCUT2D eigenvalue weighted by Crippen LogP contribution is 2.12. The van der Waals surface area contributed by atoms with Crippen LogP contribution in [0.4, 0.5) is 4.39 Å². The zero-order valence-electron chi connectivity index (χ0n) is 6.21. The molecule has 0 aliphatic carbocycles. The Morgan fingerprint density at radius 3 is 2.67 bits per heavy atom. The van der Waals surface area contributed by atoms with E-state index in [1.807, 2.05) is 0 Å². The molecule has 0 bridgehead atoms. The Hall–Kier alpha value is -0.190. The van der Waals surface area contributed by atoms with Gasteiger partial charge in [-0.3, -0.25) is 0 Å². The molecule has 0 spiro atoms. The van der Waals surface area contributed by atoms with Gasteiger partial charge in [0.15, 0.2) is 0 Å². The van der Waals surface area contributed by atoms with E-state index in [2.05, 4.69) is 20.9 Å². The third kappa shape index (κ3) is 3.05. The van der Waals surface area contributed by atoms with Gasteiger partial charge in [-0.2, -0.15) is 0 Å². The van der Waals surface area contributed by atoms with Crippen molar-refractivity contribution in [3.63, 3.8) is 0 Å². The third-order valence-corrected chi connectivity index (χ3v) is 1.81. The van der Waals surface area contributed by atoms with Crippen LogP contribution in [0.25, 0.3) is 0 Å². The number of nitrogens with zero attached hydrogens (tertiary/aromatic N) is 1. The topological polar surface area (TPSA) is 38.9 Å². The summed E-state index contributed by atoms with van der Waals surface area (Å²) in [6, 6.07) is 2.95.